The molecule has 1 amide bonds. The van der Waals surface area contributed by atoms with Gasteiger partial charge in [0.1, 0.15) is 10.6 Å². The van der Waals surface area contributed by atoms with Gasteiger partial charge >= 0.3 is 0 Å². The summed E-state index contributed by atoms with van der Waals surface area (Å²) in [6, 6.07) is 13.9. The Morgan fingerprint density at radius 3 is 2.42 bits per heavy atom. The maximum absolute atomic E-state index is 14.2. The molecule has 40 heavy (non-hydrogen) atoms. The predicted octanol–water partition coefficient (Wildman–Crippen LogP) is 8.52. The van der Waals surface area contributed by atoms with E-state index in [1.807, 2.05) is 60.4 Å². The lowest BCUT2D eigenvalue weighted by Gasteiger charge is -2.34. The lowest BCUT2D eigenvalue weighted by atomic mass is 9.93. The minimum atomic E-state index is -0.0457. The molecule has 8 heteroatoms. The van der Waals surface area contributed by atoms with Crippen LogP contribution in [0, 0.1) is 0 Å². The molecule has 2 aromatic carbocycles. The molecular weight excluding hydrogens is 544 g/mol. The fourth-order valence-electron chi connectivity index (χ4n) is 5.02. The van der Waals surface area contributed by atoms with Crippen LogP contribution in [0.15, 0.2) is 55.1 Å². The maximum Gasteiger partial charge on any atom is 0.266 e. The normalized spacial score (nSPS) is 14.1. The van der Waals surface area contributed by atoms with Crippen molar-refractivity contribution in [1.82, 2.24) is 9.96 Å². The zero-order valence-corrected chi connectivity index (χ0v) is 25.2. The van der Waals surface area contributed by atoms with Crippen LogP contribution in [-0.2, 0) is 11.5 Å². The first kappa shape index (κ1) is 29.9. The van der Waals surface area contributed by atoms with Crippen molar-refractivity contribution in [2.45, 2.75) is 51.6 Å². The highest BCUT2D eigenvalue weighted by atomic mass is 35.5. The van der Waals surface area contributed by atoms with Gasteiger partial charge in [-0.25, -0.2) is 0 Å². The number of methoxy groups -OCH3 is 1. The molecule has 1 aliphatic carbocycles. The fraction of sp³-hybridized carbons (Fsp3) is 0.344. The molecule has 6 nitrogen and oxygen atoms in total. The van der Waals surface area contributed by atoms with E-state index in [2.05, 4.69) is 12.6 Å². The van der Waals surface area contributed by atoms with Gasteiger partial charge in [-0.1, -0.05) is 72.8 Å². The van der Waals surface area contributed by atoms with E-state index < -0.39 is 0 Å². The van der Waals surface area contributed by atoms with Crippen molar-refractivity contribution in [3.8, 4) is 22.6 Å². The number of hydrogen-bond acceptors (Lipinski definition) is 6. The van der Waals surface area contributed by atoms with Gasteiger partial charge in [0.15, 0.2) is 5.75 Å². The molecule has 0 radical (unpaired) electrons. The smallest absolute Gasteiger partial charge is 0.266 e. The van der Waals surface area contributed by atoms with E-state index in [1.54, 1.807) is 27.3 Å². The topological polar surface area (TPSA) is 51.2 Å². The molecule has 0 unspecified atom stereocenters. The number of amides is 1. The minimum Gasteiger partial charge on any atom is -0.496 e. The van der Waals surface area contributed by atoms with Crippen molar-refractivity contribution in [3.05, 3.63) is 81.0 Å². The Labute approximate surface area is 246 Å². The van der Waals surface area contributed by atoms with Crippen molar-refractivity contribution in [1.29, 1.82) is 0 Å². The van der Waals surface area contributed by atoms with Crippen LogP contribution < -0.4 is 9.62 Å². The van der Waals surface area contributed by atoms with Crippen LogP contribution in [0.4, 0.5) is 0 Å². The number of carbonyl (C=O) groups excluding carboxylic acids is 1. The van der Waals surface area contributed by atoms with Gasteiger partial charge in [0.05, 0.1) is 12.1 Å². The molecule has 0 aliphatic heterocycles. The Bertz CT molecular complexity index is 1340. The molecule has 0 spiro atoms. The third-order valence-corrected chi connectivity index (χ3v) is 8.66. The van der Waals surface area contributed by atoms with Gasteiger partial charge in [-0.05, 0) is 61.2 Å². The Balaban J connectivity index is 1.68. The number of carbonyl (C=O) groups is 1. The molecule has 3 aromatic rings. The van der Waals surface area contributed by atoms with Gasteiger partial charge in [-0.2, -0.15) is 5.06 Å². The number of rotatable bonds is 11. The quantitative estimate of drug-likeness (QED) is 0.168. The molecule has 212 valence electrons. The van der Waals surface area contributed by atoms with Crippen molar-refractivity contribution in [2.24, 2.45) is 0 Å². The molecule has 4 rings (SSSR count). The van der Waals surface area contributed by atoms with Crippen LogP contribution in [-0.4, -0.2) is 43.1 Å². The Morgan fingerprint density at radius 1 is 1.10 bits per heavy atom. The van der Waals surface area contributed by atoms with Gasteiger partial charge in [-0.15, -0.1) is 11.3 Å². The van der Waals surface area contributed by atoms with E-state index in [4.69, 9.17) is 26.2 Å². The Hall–Kier alpha value is -3.10. The van der Waals surface area contributed by atoms with Crippen molar-refractivity contribution >= 4 is 41.0 Å². The lowest BCUT2D eigenvalue weighted by Crippen LogP contribution is -2.40. The van der Waals surface area contributed by atoms with Crippen LogP contribution in [0.1, 0.15) is 64.7 Å². The zero-order valence-electron chi connectivity index (χ0n) is 23.6. The fourth-order valence-corrected chi connectivity index (χ4v) is 6.57. The monoisotopic (exact) mass is 580 g/mol. The van der Waals surface area contributed by atoms with Crippen LogP contribution in [0.5, 0.6) is 11.5 Å². The first-order valence-electron chi connectivity index (χ1n) is 13.5. The van der Waals surface area contributed by atoms with Crippen molar-refractivity contribution in [2.75, 3.05) is 21.2 Å². The largest absolute Gasteiger partial charge is 0.496 e. The predicted molar refractivity (Wildman–Crippen MR) is 165 cm³/mol. The molecule has 1 aromatic heterocycles. The lowest BCUT2D eigenvalue weighted by molar-refractivity contribution is -0.349. The third-order valence-electron chi connectivity index (χ3n) is 7.00. The summed E-state index contributed by atoms with van der Waals surface area (Å²) < 4.78 is 5.75. The second kappa shape index (κ2) is 14.0. The zero-order chi connectivity index (χ0) is 28.6. The molecule has 1 fully saturated rings. The standard InChI is InChI=1S/C32H37ClN2O4S/c1-6-11-29-27(7-2)30(33)31(40-29)32(36)35(25-12-9-8-10-13-25)21-24-20-23(16-19-28(24)37-5)22-14-17-26(18-15-22)38-39-34(3)4/h6-7,11,14-20,25H,2,8-10,12-13,21H2,1,3-5H3/b11-6-. The number of thiophene rings is 1. The van der Waals surface area contributed by atoms with Crippen LogP contribution in [0.2, 0.25) is 5.02 Å². The van der Waals surface area contributed by atoms with Crippen molar-refractivity contribution in [3.63, 3.8) is 0 Å². The number of hydrogen-bond donors (Lipinski definition) is 0. The van der Waals surface area contributed by atoms with E-state index in [9.17, 15) is 4.79 Å². The van der Waals surface area contributed by atoms with E-state index >= 15 is 0 Å². The summed E-state index contributed by atoms with van der Waals surface area (Å²) in [5, 5.41) is 1.95. The molecule has 0 bridgehead atoms. The van der Waals surface area contributed by atoms with Gasteiger partial charge in [-0.3, -0.25) is 4.79 Å². The van der Waals surface area contributed by atoms with Crippen LogP contribution in [0.25, 0.3) is 23.3 Å². The summed E-state index contributed by atoms with van der Waals surface area (Å²) in [6.45, 7) is 6.30. The number of allylic oxidation sites excluding steroid dienone is 1. The number of ether oxygens (including phenoxy) is 1. The average Bonchev–Trinajstić information content (AvgIpc) is 3.29. The summed E-state index contributed by atoms with van der Waals surface area (Å²) in [7, 11) is 5.17. The van der Waals surface area contributed by atoms with Crippen molar-refractivity contribution < 1.29 is 19.4 Å². The second-order valence-corrected chi connectivity index (χ2v) is 11.4. The van der Waals surface area contributed by atoms with Gasteiger partial charge in [0, 0.05) is 42.7 Å². The Morgan fingerprint density at radius 2 is 1.80 bits per heavy atom. The third kappa shape index (κ3) is 6.96. The summed E-state index contributed by atoms with van der Waals surface area (Å²) in [5.74, 6) is 1.30. The van der Waals surface area contributed by atoms with E-state index in [-0.39, 0.29) is 11.9 Å². The molecule has 1 saturated carbocycles. The first-order chi connectivity index (χ1) is 19.4. The van der Waals surface area contributed by atoms with Crippen LogP contribution >= 0.6 is 22.9 Å². The molecule has 0 atom stereocenters. The molecule has 1 aliphatic rings. The van der Waals surface area contributed by atoms with Gasteiger partial charge < -0.3 is 14.5 Å². The molecule has 1 heterocycles. The van der Waals surface area contributed by atoms with Gasteiger partial charge in [0.2, 0.25) is 0 Å². The summed E-state index contributed by atoms with van der Waals surface area (Å²) >= 11 is 8.20. The molecule has 0 saturated heterocycles. The first-order valence-corrected chi connectivity index (χ1v) is 14.7. The van der Waals surface area contributed by atoms with E-state index in [0.29, 0.717) is 22.2 Å². The average molecular weight is 581 g/mol. The Kier molecular flexibility index (Phi) is 10.5. The summed E-state index contributed by atoms with van der Waals surface area (Å²) in [5.41, 5.74) is 3.79. The molecular formula is C32H37ClN2O4S. The maximum atomic E-state index is 14.2. The van der Waals surface area contributed by atoms with Crippen LogP contribution in [0.3, 0.4) is 0 Å². The molecule has 0 N–H and O–H groups in total. The van der Waals surface area contributed by atoms with E-state index in [0.717, 1.165) is 58.6 Å². The number of halogens is 1. The highest BCUT2D eigenvalue weighted by molar-refractivity contribution is 7.15. The SMILES string of the molecule is C=Cc1c(/C=C\C)sc(C(=O)N(Cc2cc(-c3ccc(OON(C)C)cc3)ccc2OC)C2CCCCC2)c1Cl. The highest BCUT2D eigenvalue weighted by Gasteiger charge is 2.31. The van der Waals surface area contributed by atoms with Gasteiger partial charge in [0.25, 0.3) is 5.91 Å². The highest BCUT2D eigenvalue weighted by Crippen LogP contribution is 2.38. The summed E-state index contributed by atoms with van der Waals surface area (Å²) in [6.07, 6.45) is 11.0. The number of hydroxylamine groups is 2. The summed E-state index contributed by atoms with van der Waals surface area (Å²) in [4.78, 5) is 28.1. The minimum absolute atomic E-state index is 0.0457. The number of nitrogens with zero attached hydrogens (tertiary/aromatic N) is 2. The second-order valence-electron chi connectivity index (χ2n) is 9.97. The van der Waals surface area contributed by atoms with E-state index in [1.165, 1.54) is 22.8 Å². The number of benzene rings is 2.